The zero-order valence-electron chi connectivity index (χ0n) is 10.9. The molecule has 0 saturated heterocycles. The Labute approximate surface area is 113 Å². The molecule has 1 aromatic heterocycles. The van der Waals surface area contributed by atoms with Crippen molar-refractivity contribution in [2.45, 2.75) is 13.5 Å². The molecular weight excluding hydrogens is 232 g/mol. The predicted octanol–water partition coefficient (Wildman–Crippen LogP) is 4.16. The highest BCUT2D eigenvalue weighted by Crippen LogP contribution is 2.21. The summed E-state index contributed by atoms with van der Waals surface area (Å²) < 4.78 is 0. The Hall–Kier alpha value is -2.35. The fourth-order valence-electron chi connectivity index (χ4n) is 2.25. The topological polar surface area (TPSA) is 24.9 Å². The SMILES string of the molecule is Cc1ccccc1CNc1ccnc2ccccc12. The lowest BCUT2D eigenvalue weighted by molar-refractivity contribution is 1.12. The van der Waals surface area contributed by atoms with Crippen LogP contribution in [0.4, 0.5) is 5.69 Å². The molecule has 19 heavy (non-hydrogen) atoms. The van der Waals surface area contributed by atoms with Gasteiger partial charge in [0.15, 0.2) is 0 Å². The van der Waals surface area contributed by atoms with E-state index in [9.17, 15) is 0 Å². The Morgan fingerprint density at radius 2 is 1.74 bits per heavy atom. The Balaban J connectivity index is 1.88. The third kappa shape index (κ3) is 2.43. The molecule has 0 aliphatic carbocycles. The van der Waals surface area contributed by atoms with Gasteiger partial charge < -0.3 is 5.32 Å². The molecule has 0 bridgehead atoms. The summed E-state index contributed by atoms with van der Waals surface area (Å²) in [6.45, 7) is 2.97. The molecule has 2 heteroatoms. The summed E-state index contributed by atoms with van der Waals surface area (Å²) in [6.07, 6.45) is 1.85. The van der Waals surface area contributed by atoms with Crippen LogP contribution in [-0.4, -0.2) is 4.98 Å². The minimum absolute atomic E-state index is 0.834. The van der Waals surface area contributed by atoms with E-state index in [0.717, 1.165) is 17.7 Å². The molecule has 0 spiro atoms. The lowest BCUT2D eigenvalue weighted by Gasteiger charge is -2.11. The Morgan fingerprint density at radius 1 is 0.947 bits per heavy atom. The lowest BCUT2D eigenvalue weighted by Crippen LogP contribution is -2.01. The maximum Gasteiger partial charge on any atom is 0.0722 e. The number of pyridine rings is 1. The molecule has 0 radical (unpaired) electrons. The molecule has 1 heterocycles. The van der Waals surface area contributed by atoms with E-state index >= 15 is 0 Å². The normalized spacial score (nSPS) is 10.6. The zero-order chi connectivity index (χ0) is 13.1. The molecule has 3 aromatic rings. The van der Waals surface area contributed by atoms with Gasteiger partial charge in [0.2, 0.25) is 0 Å². The van der Waals surface area contributed by atoms with E-state index in [-0.39, 0.29) is 0 Å². The summed E-state index contributed by atoms with van der Waals surface area (Å²) in [5.41, 5.74) is 4.79. The number of nitrogens with zero attached hydrogens (tertiary/aromatic N) is 1. The first-order valence-electron chi connectivity index (χ1n) is 6.47. The van der Waals surface area contributed by atoms with Gasteiger partial charge in [-0.3, -0.25) is 4.98 Å². The highest BCUT2D eigenvalue weighted by molar-refractivity contribution is 5.90. The number of aromatic nitrogens is 1. The molecule has 0 aliphatic heterocycles. The van der Waals surface area contributed by atoms with Gasteiger partial charge in [-0.1, -0.05) is 42.5 Å². The second-order valence-corrected chi connectivity index (χ2v) is 4.66. The summed E-state index contributed by atoms with van der Waals surface area (Å²) in [7, 11) is 0. The maximum atomic E-state index is 4.37. The number of fused-ring (bicyclic) bond motifs is 1. The van der Waals surface area contributed by atoms with Crippen molar-refractivity contribution in [2.75, 3.05) is 5.32 Å². The van der Waals surface area contributed by atoms with E-state index in [1.165, 1.54) is 16.5 Å². The quantitative estimate of drug-likeness (QED) is 0.753. The monoisotopic (exact) mass is 248 g/mol. The summed E-state index contributed by atoms with van der Waals surface area (Å²) in [4.78, 5) is 4.37. The summed E-state index contributed by atoms with van der Waals surface area (Å²) >= 11 is 0. The van der Waals surface area contributed by atoms with Crippen LogP contribution in [0.25, 0.3) is 10.9 Å². The second kappa shape index (κ2) is 5.11. The van der Waals surface area contributed by atoms with Crippen LogP contribution in [0.2, 0.25) is 0 Å². The number of hydrogen-bond acceptors (Lipinski definition) is 2. The average molecular weight is 248 g/mol. The number of benzene rings is 2. The van der Waals surface area contributed by atoms with E-state index < -0.39 is 0 Å². The highest BCUT2D eigenvalue weighted by Gasteiger charge is 2.01. The first-order valence-corrected chi connectivity index (χ1v) is 6.47. The molecule has 0 fully saturated rings. The predicted molar refractivity (Wildman–Crippen MR) is 80.2 cm³/mol. The van der Waals surface area contributed by atoms with Crippen LogP contribution < -0.4 is 5.32 Å². The van der Waals surface area contributed by atoms with Crippen molar-refractivity contribution >= 4 is 16.6 Å². The highest BCUT2D eigenvalue weighted by atomic mass is 14.9. The molecule has 0 saturated carbocycles. The van der Waals surface area contributed by atoms with E-state index in [4.69, 9.17) is 0 Å². The second-order valence-electron chi connectivity index (χ2n) is 4.66. The van der Waals surface area contributed by atoms with E-state index in [2.05, 4.69) is 47.6 Å². The molecule has 2 aromatic carbocycles. The molecular formula is C17H16N2. The van der Waals surface area contributed by atoms with Crippen LogP contribution in [0.15, 0.2) is 60.8 Å². The number of aryl methyl sites for hydroxylation is 1. The smallest absolute Gasteiger partial charge is 0.0722 e. The van der Waals surface area contributed by atoms with E-state index in [1.54, 1.807) is 0 Å². The molecule has 0 amide bonds. The van der Waals surface area contributed by atoms with Crippen LogP contribution >= 0.6 is 0 Å². The van der Waals surface area contributed by atoms with Crippen LogP contribution in [-0.2, 0) is 6.54 Å². The summed E-state index contributed by atoms with van der Waals surface area (Å²) in [5, 5.41) is 4.67. The van der Waals surface area contributed by atoms with Gasteiger partial charge in [0.05, 0.1) is 5.52 Å². The number of hydrogen-bond donors (Lipinski definition) is 1. The Kier molecular flexibility index (Phi) is 3.15. The van der Waals surface area contributed by atoms with Gasteiger partial charge in [-0.05, 0) is 30.2 Å². The van der Waals surface area contributed by atoms with Crippen LogP contribution in [0.1, 0.15) is 11.1 Å². The van der Waals surface area contributed by atoms with E-state index in [1.807, 2.05) is 30.5 Å². The van der Waals surface area contributed by atoms with Crippen molar-refractivity contribution in [3.8, 4) is 0 Å². The summed E-state index contributed by atoms with van der Waals surface area (Å²) in [5.74, 6) is 0. The Morgan fingerprint density at radius 3 is 2.63 bits per heavy atom. The third-order valence-corrected chi connectivity index (χ3v) is 3.38. The maximum absolute atomic E-state index is 4.37. The van der Waals surface area contributed by atoms with E-state index in [0.29, 0.717) is 0 Å². The average Bonchev–Trinajstić information content (AvgIpc) is 2.46. The molecule has 2 nitrogen and oxygen atoms in total. The van der Waals surface area contributed by atoms with Crippen LogP contribution in [0, 0.1) is 6.92 Å². The zero-order valence-corrected chi connectivity index (χ0v) is 10.9. The third-order valence-electron chi connectivity index (χ3n) is 3.38. The van der Waals surface area contributed by atoms with Gasteiger partial charge in [0.1, 0.15) is 0 Å². The Bertz CT molecular complexity index is 699. The molecule has 94 valence electrons. The molecule has 0 unspecified atom stereocenters. The molecule has 3 rings (SSSR count). The van der Waals surface area contributed by atoms with Gasteiger partial charge in [-0.15, -0.1) is 0 Å². The minimum Gasteiger partial charge on any atom is -0.380 e. The molecule has 0 aliphatic rings. The fraction of sp³-hybridized carbons (Fsp3) is 0.118. The standard InChI is InChI=1S/C17H16N2/c1-13-6-2-3-7-14(13)12-19-17-10-11-18-16-9-5-4-8-15(16)17/h2-11H,12H2,1H3,(H,18,19). The fourth-order valence-corrected chi connectivity index (χ4v) is 2.25. The van der Waals surface area contributed by atoms with Crippen molar-refractivity contribution in [1.29, 1.82) is 0 Å². The van der Waals surface area contributed by atoms with Gasteiger partial charge >= 0.3 is 0 Å². The van der Waals surface area contributed by atoms with Gasteiger partial charge in [-0.2, -0.15) is 0 Å². The van der Waals surface area contributed by atoms with Crippen LogP contribution in [0.3, 0.4) is 0 Å². The first kappa shape index (κ1) is 11.7. The van der Waals surface area contributed by atoms with Gasteiger partial charge in [0, 0.05) is 23.8 Å². The van der Waals surface area contributed by atoms with Gasteiger partial charge in [0.25, 0.3) is 0 Å². The number of rotatable bonds is 3. The summed E-state index contributed by atoms with van der Waals surface area (Å²) in [6, 6.07) is 18.7. The van der Waals surface area contributed by atoms with Gasteiger partial charge in [-0.25, -0.2) is 0 Å². The van der Waals surface area contributed by atoms with Crippen molar-refractivity contribution in [3.63, 3.8) is 0 Å². The van der Waals surface area contributed by atoms with Crippen molar-refractivity contribution in [2.24, 2.45) is 0 Å². The number of anilines is 1. The molecule has 1 N–H and O–H groups in total. The number of nitrogens with one attached hydrogen (secondary N) is 1. The largest absolute Gasteiger partial charge is 0.380 e. The molecule has 0 atom stereocenters. The van der Waals surface area contributed by atoms with Crippen molar-refractivity contribution in [3.05, 3.63) is 71.9 Å². The number of para-hydroxylation sites is 1. The first-order chi connectivity index (χ1) is 9.34. The van der Waals surface area contributed by atoms with Crippen molar-refractivity contribution < 1.29 is 0 Å². The van der Waals surface area contributed by atoms with Crippen molar-refractivity contribution in [1.82, 2.24) is 4.98 Å². The van der Waals surface area contributed by atoms with Crippen LogP contribution in [0.5, 0.6) is 0 Å². The lowest BCUT2D eigenvalue weighted by atomic mass is 10.1. The minimum atomic E-state index is 0.834.